The van der Waals surface area contributed by atoms with Gasteiger partial charge in [0.15, 0.2) is 0 Å². The number of carbonyl (C=O) groups excluding carboxylic acids is 2. The third kappa shape index (κ3) is 2.42. The molecule has 0 aliphatic rings. The first kappa shape index (κ1) is 12.3. The highest BCUT2D eigenvalue weighted by Gasteiger charge is 2.24. The molecule has 1 aromatic heterocycles. The van der Waals surface area contributed by atoms with Gasteiger partial charge in [-0.25, -0.2) is 9.59 Å². The summed E-state index contributed by atoms with van der Waals surface area (Å²) in [6.45, 7) is 5.46. The Bertz CT molecular complexity index is 391. The van der Waals surface area contributed by atoms with Crippen LogP contribution < -0.4 is 0 Å². The molecule has 16 heavy (non-hydrogen) atoms. The Morgan fingerprint density at radius 2 is 1.75 bits per heavy atom. The van der Waals surface area contributed by atoms with Gasteiger partial charge in [-0.1, -0.05) is 0 Å². The molecule has 0 spiro atoms. The summed E-state index contributed by atoms with van der Waals surface area (Å²) in [7, 11) is 0. The minimum absolute atomic E-state index is 0.109. The van der Waals surface area contributed by atoms with E-state index < -0.39 is 11.9 Å². The lowest BCUT2D eigenvalue weighted by Crippen LogP contribution is -2.12. The highest BCUT2D eigenvalue weighted by atomic mass is 16.5. The zero-order valence-corrected chi connectivity index (χ0v) is 9.53. The molecule has 0 unspecified atom stereocenters. The van der Waals surface area contributed by atoms with Crippen molar-refractivity contribution in [1.82, 2.24) is 0 Å². The summed E-state index contributed by atoms with van der Waals surface area (Å²) in [4.78, 5) is 23.1. The Balaban J connectivity index is 3.02. The zero-order chi connectivity index (χ0) is 12.1. The molecule has 0 amide bonds. The number of ether oxygens (including phenoxy) is 2. The van der Waals surface area contributed by atoms with Gasteiger partial charge in [0.1, 0.15) is 23.2 Å². The summed E-state index contributed by atoms with van der Waals surface area (Å²) >= 11 is 0. The van der Waals surface area contributed by atoms with E-state index in [-0.39, 0.29) is 24.3 Å². The van der Waals surface area contributed by atoms with Gasteiger partial charge >= 0.3 is 11.9 Å². The quantitative estimate of drug-likeness (QED) is 0.734. The summed E-state index contributed by atoms with van der Waals surface area (Å²) in [5.41, 5.74) is 0.248. The van der Waals surface area contributed by atoms with Crippen LogP contribution in [0.5, 0.6) is 0 Å². The maximum Gasteiger partial charge on any atom is 0.342 e. The van der Waals surface area contributed by atoms with E-state index in [9.17, 15) is 9.59 Å². The van der Waals surface area contributed by atoms with Crippen LogP contribution in [0.4, 0.5) is 0 Å². The van der Waals surface area contributed by atoms with Gasteiger partial charge in [-0.05, 0) is 20.8 Å². The first-order valence-electron chi connectivity index (χ1n) is 5.04. The van der Waals surface area contributed by atoms with Crippen LogP contribution in [0.15, 0.2) is 10.7 Å². The Hall–Kier alpha value is -1.78. The van der Waals surface area contributed by atoms with E-state index >= 15 is 0 Å². The van der Waals surface area contributed by atoms with Gasteiger partial charge in [0.25, 0.3) is 0 Å². The van der Waals surface area contributed by atoms with E-state index in [0.717, 1.165) is 0 Å². The van der Waals surface area contributed by atoms with Gasteiger partial charge in [0.05, 0.1) is 13.2 Å². The molecule has 5 heteroatoms. The third-order valence-corrected chi connectivity index (χ3v) is 1.95. The minimum Gasteiger partial charge on any atom is -0.468 e. The molecule has 1 aromatic rings. The molecule has 0 fully saturated rings. The lowest BCUT2D eigenvalue weighted by molar-refractivity contribution is 0.0479. The van der Waals surface area contributed by atoms with Gasteiger partial charge < -0.3 is 13.9 Å². The van der Waals surface area contributed by atoms with Crippen LogP contribution in [0, 0.1) is 6.92 Å². The van der Waals surface area contributed by atoms with Gasteiger partial charge in [-0.15, -0.1) is 0 Å². The molecule has 88 valence electrons. The maximum absolute atomic E-state index is 11.6. The average Bonchev–Trinajstić information content (AvgIpc) is 2.61. The zero-order valence-electron chi connectivity index (χ0n) is 9.53. The summed E-state index contributed by atoms with van der Waals surface area (Å²) in [6, 6.07) is 0. The Labute approximate surface area is 93.3 Å². The predicted molar refractivity (Wildman–Crippen MR) is 55.4 cm³/mol. The van der Waals surface area contributed by atoms with E-state index in [4.69, 9.17) is 13.9 Å². The fraction of sp³-hybridized carbons (Fsp3) is 0.455. The SMILES string of the molecule is CCOC(=O)c1coc(C)c1C(=O)OCC. The van der Waals surface area contributed by atoms with Crippen molar-refractivity contribution >= 4 is 11.9 Å². The summed E-state index contributed by atoms with van der Waals surface area (Å²) < 4.78 is 14.7. The lowest BCUT2D eigenvalue weighted by Gasteiger charge is -2.03. The second-order valence-electron chi connectivity index (χ2n) is 3.02. The highest BCUT2D eigenvalue weighted by molar-refractivity contribution is 6.03. The average molecular weight is 226 g/mol. The molecule has 5 nitrogen and oxygen atoms in total. The van der Waals surface area contributed by atoms with Crippen molar-refractivity contribution in [3.63, 3.8) is 0 Å². The molecule has 0 saturated heterocycles. The first-order chi connectivity index (χ1) is 7.61. The van der Waals surface area contributed by atoms with Crippen LogP contribution in [0.3, 0.4) is 0 Å². The monoisotopic (exact) mass is 226 g/mol. The number of carbonyl (C=O) groups is 2. The van der Waals surface area contributed by atoms with Crippen molar-refractivity contribution in [2.24, 2.45) is 0 Å². The Morgan fingerprint density at radius 3 is 2.31 bits per heavy atom. The molecule has 0 radical (unpaired) electrons. The number of furan rings is 1. The Kier molecular flexibility index (Phi) is 4.10. The summed E-state index contributed by atoms with van der Waals surface area (Å²) in [5, 5.41) is 0. The van der Waals surface area contributed by atoms with E-state index in [0.29, 0.717) is 5.76 Å². The standard InChI is InChI=1S/C11H14O5/c1-4-14-10(12)8-6-16-7(3)9(8)11(13)15-5-2/h6H,4-5H2,1-3H3. The van der Waals surface area contributed by atoms with Gasteiger partial charge in [0, 0.05) is 0 Å². The second-order valence-corrected chi connectivity index (χ2v) is 3.02. The Morgan fingerprint density at radius 1 is 1.19 bits per heavy atom. The smallest absolute Gasteiger partial charge is 0.342 e. The van der Waals surface area contributed by atoms with Gasteiger partial charge in [-0.3, -0.25) is 0 Å². The highest BCUT2D eigenvalue weighted by Crippen LogP contribution is 2.18. The van der Waals surface area contributed by atoms with E-state index in [1.807, 2.05) is 0 Å². The number of rotatable bonds is 4. The van der Waals surface area contributed by atoms with Crippen molar-refractivity contribution in [2.45, 2.75) is 20.8 Å². The lowest BCUT2D eigenvalue weighted by atomic mass is 10.1. The molecule has 1 rings (SSSR count). The third-order valence-electron chi connectivity index (χ3n) is 1.95. The molecule has 0 aromatic carbocycles. The fourth-order valence-electron chi connectivity index (χ4n) is 1.27. The van der Waals surface area contributed by atoms with Crippen LogP contribution in [0.25, 0.3) is 0 Å². The molecule has 0 N–H and O–H groups in total. The fourth-order valence-corrected chi connectivity index (χ4v) is 1.27. The maximum atomic E-state index is 11.6. The molecule has 0 aliphatic heterocycles. The first-order valence-corrected chi connectivity index (χ1v) is 5.04. The second kappa shape index (κ2) is 5.34. The molecule has 0 aliphatic carbocycles. The number of hydrogen-bond acceptors (Lipinski definition) is 5. The van der Waals surface area contributed by atoms with Crippen molar-refractivity contribution in [2.75, 3.05) is 13.2 Å². The van der Waals surface area contributed by atoms with Crippen LogP contribution in [-0.2, 0) is 9.47 Å². The van der Waals surface area contributed by atoms with E-state index in [1.165, 1.54) is 6.26 Å². The summed E-state index contributed by atoms with van der Waals surface area (Å²) in [6.07, 6.45) is 1.21. The van der Waals surface area contributed by atoms with Crippen LogP contribution in [0.2, 0.25) is 0 Å². The van der Waals surface area contributed by atoms with E-state index in [2.05, 4.69) is 0 Å². The van der Waals surface area contributed by atoms with Crippen molar-refractivity contribution in [3.8, 4) is 0 Å². The molecular weight excluding hydrogens is 212 g/mol. The number of esters is 2. The number of aryl methyl sites for hydroxylation is 1. The molecule has 0 atom stereocenters. The van der Waals surface area contributed by atoms with Crippen LogP contribution in [-0.4, -0.2) is 25.2 Å². The van der Waals surface area contributed by atoms with Crippen LogP contribution >= 0.6 is 0 Å². The number of hydrogen-bond donors (Lipinski definition) is 0. The molecular formula is C11H14O5. The predicted octanol–water partition coefficient (Wildman–Crippen LogP) is 1.94. The van der Waals surface area contributed by atoms with Gasteiger partial charge in [0.2, 0.25) is 0 Å². The molecule has 0 saturated carbocycles. The largest absolute Gasteiger partial charge is 0.468 e. The molecule has 1 heterocycles. The van der Waals surface area contributed by atoms with Crippen molar-refractivity contribution in [3.05, 3.63) is 23.2 Å². The van der Waals surface area contributed by atoms with Crippen LogP contribution in [0.1, 0.15) is 40.3 Å². The van der Waals surface area contributed by atoms with Crippen molar-refractivity contribution in [1.29, 1.82) is 0 Å². The minimum atomic E-state index is -0.581. The van der Waals surface area contributed by atoms with E-state index in [1.54, 1.807) is 20.8 Å². The topological polar surface area (TPSA) is 65.7 Å². The molecule has 0 bridgehead atoms. The van der Waals surface area contributed by atoms with Gasteiger partial charge in [-0.2, -0.15) is 0 Å². The normalized spacial score (nSPS) is 9.94. The summed E-state index contributed by atoms with van der Waals surface area (Å²) in [5.74, 6) is -0.805. The van der Waals surface area contributed by atoms with Crippen molar-refractivity contribution < 1.29 is 23.5 Å².